The zero-order chi connectivity index (χ0) is 12.3. The van der Waals surface area contributed by atoms with E-state index < -0.39 is 0 Å². The molecule has 0 saturated carbocycles. The van der Waals surface area contributed by atoms with E-state index in [1.807, 2.05) is 11.4 Å². The molecule has 3 heteroatoms. The lowest BCUT2D eigenvalue weighted by Crippen LogP contribution is -2.52. The van der Waals surface area contributed by atoms with Gasteiger partial charge in [-0.25, -0.2) is 0 Å². The molecule has 0 aliphatic carbocycles. The van der Waals surface area contributed by atoms with E-state index in [0.717, 1.165) is 13.1 Å². The van der Waals surface area contributed by atoms with E-state index in [0.29, 0.717) is 12.2 Å². The van der Waals surface area contributed by atoms with Gasteiger partial charge in [0.1, 0.15) is 0 Å². The molecule has 1 saturated heterocycles. The molecule has 1 aromatic heterocycles. The van der Waals surface area contributed by atoms with Gasteiger partial charge in [0.25, 0.3) is 0 Å². The van der Waals surface area contributed by atoms with Gasteiger partial charge < -0.3 is 0 Å². The van der Waals surface area contributed by atoms with Crippen LogP contribution in [0.5, 0.6) is 0 Å². The SMILES string of the molecule is CC(C)(C(=O)Cc1cccs1)N1CCCCC1. The predicted molar refractivity (Wildman–Crippen MR) is 72.5 cm³/mol. The lowest BCUT2D eigenvalue weighted by molar-refractivity contribution is -0.129. The van der Waals surface area contributed by atoms with E-state index in [2.05, 4.69) is 24.8 Å². The Morgan fingerprint density at radius 2 is 2.06 bits per heavy atom. The number of ketones is 1. The van der Waals surface area contributed by atoms with Crippen molar-refractivity contribution in [1.82, 2.24) is 4.90 Å². The molecule has 0 N–H and O–H groups in total. The van der Waals surface area contributed by atoms with Gasteiger partial charge in [0.05, 0.1) is 5.54 Å². The molecule has 1 aromatic rings. The summed E-state index contributed by atoms with van der Waals surface area (Å²) in [6.45, 7) is 6.30. The zero-order valence-corrected chi connectivity index (χ0v) is 11.6. The smallest absolute Gasteiger partial charge is 0.157 e. The molecule has 0 aromatic carbocycles. The van der Waals surface area contributed by atoms with E-state index in [1.54, 1.807) is 11.3 Å². The summed E-state index contributed by atoms with van der Waals surface area (Å²) < 4.78 is 0. The Balaban J connectivity index is 2.00. The molecule has 17 heavy (non-hydrogen) atoms. The molecule has 2 nitrogen and oxygen atoms in total. The minimum Gasteiger partial charge on any atom is -0.297 e. The van der Waals surface area contributed by atoms with Gasteiger partial charge >= 0.3 is 0 Å². The van der Waals surface area contributed by atoms with Crippen molar-refractivity contribution in [2.24, 2.45) is 0 Å². The van der Waals surface area contributed by atoms with Crippen molar-refractivity contribution in [3.8, 4) is 0 Å². The summed E-state index contributed by atoms with van der Waals surface area (Å²) in [5, 5.41) is 2.04. The second-order valence-electron chi connectivity index (χ2n) is 5.29. The third-order valence-corrected chi connectivity index (χ3v) is 4.62. The fourth-order valence-electron chi connectivity index (χ4n) is 2.42. The topological polar surface area (TPSA) is 20.3 Å². The van der Waals surface area contributed by atoms with Gasteiger partial charge in [0.2, 0.25) is 0 Å². The van der Waals surface area contributed by atoms with Crippen molar-refractivity contribution < 1.29 is 4.79 Å². The Bertz CT molecular complexity index is 364. The van der Waals surface area contributed by atoms with Gasteiger partial charge in [-0.15, -0.1) is 11.3 Å². The molecule has 0 bridgehead atoms. The van der Waals surface area contributed by atoms with Crippen molar-refractivity contribution in [3.63, 3.8) is 0 Å². The van der Waals surface area contributed by atoms with Crippen LogP contribution >= 0.6 is 11.3 Å². The van der Waals surface area contributed by atoms with Crippen molar-refractivity contribution in [2.45, 2.75) is 45.1 Å². The first-order chi connectivity index (χ1) is 8.10. The number of Topliss-reactive ketones (excluding diaryl/α,β-unsaturated/α-hetero) is 1. The molecular weight excluding hydrogens is 230 g/mol. The summed E-state index contributed by atoms with van der Waals surface area (Å²) in [6, 6.07) is 4.07. The molecule has 94 valence electrons. The highest BCUT2D eigenvalue weighted by molar-refractivity contribution is 7.10. The fourth-order valence-corrected chi connectivity index (χ4v) is 3.12. The van der Waals surface area contributed by atoms with E-state index in [4.69, 9.17) is 0 Å². The number of rotatable bonds is 4. The number of piperidine rings is 1. The van der Waals surface area contributed by atoms with Crippen LogP contribution < -0.4 is 0 Å². The third kappa shape index (κ3) is 2.96. The number of likely N-dealkylation sites (tertiary alicyclic amines) is 1. The maximum atomic E-state index is 12.4. The summed E-state index contributed by atoms with van der Waals surface area (Å²) in [5.74, 6) is 0.349. The summed E-state index contributed by atoms with van der Waals surface area (Å²) in [5.41, 5.74) is -0.301. The molecule has 2 heterocycles. The first-order valence-corrected chi connectivity index (χ1v) is 7.29. The highest BCUT2D eigenvalue weighted by atomic mass is 32.1. The monoisotopic (exact) mass is 251 g/mol. The molecule has 1 aliphatic rings. The van der Waals surface area contributed by atoms with Gasteiger partial charge in [-0.05, 0) is 51.2 Å². The first kappa shape index (κ1) is 12.8. The Hall–Kier alpha value is -0.670. The standard InChI is InChI=1S/C14H21NOS/c1-14(2,15-8-4-3-5-9-15)13(16)11-12-7-6-10-17-12/h6-7,10H,3-5,8-9,11H2,1-2H3. The third-order valence-electron chi connectivity index (χ3n) is 3.74. The minimum absolute atomic E-state index is 0.301. The molecule has 0 radical (unpaired) electrons. The van der Waals surface area contributed by atoms with Crippen LogP contribution in [-0.2, 0) is 11.2 Å². The second kappa shape index (κ2) is 5.32. The summed E-state index contributed by atoms with van der Waals surface area (Å²) in [6.07, 6.45) is 4.36. The van der Waals surface area contributed by atoms with E-state index in [-0.39, 0.29) is 5.54 Å². The van der Waals surface area contributed by atoms with Gasteiger partial charge in [-0.2, -0.15) is 0 Å². The zero-order valence-electron chi connectivity index (χ0n) is 10.7. The van der Waals surface area contributed by atoms with Crippen LogP contribution in [-0.4, -0.2) is 29.3 Å². The van der Waals surface area contributed by atoms with Crippen molar-refractivity contribution >= 4 is 17.1 Å². The minimum atomic E-state index is -0.301. The maximum absolute atomic E-state index is 12.4. The van der Waals surface area contributed by atoms with Crippen LogP contribution in [0, 0.1) is 0 Å². The average Bonchev–Trinajstić information content (AvgIpc) is 2.83. The van der Waals surface area contributed by atoms with Gasteiger partial charge in [0, 0.05) is 11.3 Å². The molecule has 0 spiro atoms. The highest BCUT2D eigenvalue weighted by Crippen LogP contribution is 2.23. The largest absolute Gasteiger partial charge is 0.297 e. The normalized spacial score (nSPS) is 18.2. The van der Waals surface area contributed by atoms with Gasteiger partial charge in [-0.3, -0.25) is 9.69 Å². The number of thiophene rings is 1. The number of carbonyl (C=O) groups is 1. The number of nitrogens with zero attached hydrogens (tertiary/aromatic N) is 1. The second-order valence-corrected chi connectivity index (χ2v) is 6.32. The van der Waals surface area contributed by atoms with Gasteiger partial charge in [0.15, 0.2) is 5.78 Å². The predicted octanol–water partition coefficient (Wildman–Crippen LogP) is 3.12. The summed E-state index contributed by atoms with van der Waals surface area (Å²) in [7, 11) is 0. The van der Waals surface area contributed by atoms with E-state index >= 15 is 0 Å². The van der Waals surface area contributed by atoms with Crippen LogP contribution in [0.25, 0.3) is 0 Å². The van der Waals surface area contributed by atoms with Crippen LogP contribution in [0.4, 0.5) is 0 Å². The first-order valence-electron chi connectivity index (χ1n) is 6.41. The van der Waals surface area contributed by atoms with Crippen LogP contribution in [0.1, 0.15) is 38.0 Å². The van der Waals surface area contributed by atoms with Crippen molar-refractivity contribution in [3.05, 3.63) is 22.4 Å². The van der Waals surface area contributed by atoms with Crippen LogP contribution in [0.3, 0.4) is 0 Å². The van der Waals surface area contributed by atoms with E-state index in [9.17, 15) is 4.79 Å². The molecule has 0 atom stereocenters. The van der Waals surface area contributed by atoms with E-state index in [1.165, 1.54) is 24.1 Å². The van der Waals surface area contributed by atoms with Crippen LogP contribution in [0.15, 0.2) is 17.5 Å². The molecular formula is C14H21NOS. The number of hydrogen-bond acceptors (Lipinski definition) is 3. The lowest BCUT2D eigenvalue weighted by atomic mass is 9.91. The molecule has 0 amide bonds. The van der Waals surface area contributed by atoms with Crippen molar-refractivity contribution in [1.29, 1.82) is 0 Å². The highest BCUT2D eigenvalue weighted by Gasteiger charge is 2.34. The summed E-state index contributed by atoms with van der Waals surface area (Å²) in [4.78, 5) is 15.9. The Labute approximate surface area is 108 Å². The van der Waals surface area contributed by atoms with Gasteiger partial charge in [-0.1, -0.05) is 12.5 Å². The maximum Gasteiger partial charge on any atom is 0.157 e. The quantitative estimate of drug-likeness (QED) is 0.819. The number of carbonyl (C=O) groups excluding carboxylic acids is 1. The number of hydrogen-bond donors (Lipinski definition) is 0. The lowest BCUT2D eigenvalue weighted by Gasteiger charge is -2.39. The fraction of sp³-hybridized carbons (Fsp3) is 0.643. The molecule has 0 unspecified atom stereocenters. The average molecular weight is 251 g/mol. The van der Waals surface area contributed by atoms with Crippen molar-refractivity contribution in [2.75, 3.05) is 13.1 Å². The molecule has 1 fully saturated rings. The Kier molecular flexibility index (Phi) is 4.00. The van der Waals surface area contributed by atoms with Crippen LogP contribution in [0.2, 0.25) is 0 Å². The Morgan fingerprint density at radius 3 is 2.65 bits per heavy atom. The summed E-state index contributed by atoms with van der Waals surface area (Å²) >= 11 is 1.67. The molecule has 2 rings (SSSR count). The Morgan fingerprint density at radius 1 is 1.35 bits per heavy atom. The molecule has 1 aliphatic heterocycles.